The first kappa shape index (κ1) is 8.80. The number of hydrogen-bond acceptors (Lipinski definition) is 4. The van der Waals surface area contributed by atoms with Crippen molar-refractivity contribution in [1.82, 2.24) is 0 Å². The zero-order valence-corrected chi connectivity index (χ0v) is 7.62. The van der Waals surface area contributed by atoms with Gasteiger partial charge in [0.1, 0.15) is 4.32 Å². The van der Waals surface area contributed by atoms with Gasteiger partial charge in [-0.15, -0.1) is 0 Å². The van der Waals surface area contributed by atoms with Crippen LogP contribution in [0.4, 0.5) is 0 Å². The van der Waals surface area contributed by atoms with Gasteiger partial charge in [0.25, 0.3) is 0 Å². The Morgan fingerprint density at radius 1 is 1.82 bits per heavy atom. The van der Waals surface area contributed by atoms with Crippen LogP contribution in [0.15, 0.2) is 5.16 Å². The average Bonchev–Trinajstić information content (AvgIpc) is 2.34. The third-order valence-electron chi connectivity index (χ3n) is 1.66. The summed E-state index contributed by atoms with van der Waals surface area (Å²) in [6.07, 6.45) is 2.96. The van der Waals surface area contributed by atoms with Crippen molar-refractivity contribution in [3.63, 3.8) is 0 Å². The number of nitrogens with two attached hydrogens (primary N) is 1. The lowest BCUT2D eigenvalue weighted by Crippen LogP contribution is -2.15. The molecule has 0 bridgehead atoms. The second kappa shape index (κ2) is 3.92. The van der Waals surface area contributed by atoms with Crippen molar-refractivity contribution in [3.8, 4) is 0 Å². The van der Waals surface area contributed by atoms with Crippen LogP contribution in [0.5, 0.6) is 0 Å². The molecule has 1 rings (SSSR count). The lowest BCUT2D eigenvalue weighted by molar-refractivity contribution is 0.317. The molecule has 3 N–H and O–H groups in total. The molecule has 3 nitrogen and oxygen atoms in total. The van der Waals surface area contributed by atoms with Crippen LogP contribution in [0.3, 0.4) is 0 Å². The molecule has 0 saturated heterocycles. The largest absolute Gasteiger partial charge is 0.411 e. The lowest BCUT2D eigenvalue weighted by Gasteiger charge is -2.06. The van der Waals surface area contributed by atoms with E-state index in [2.05, 4.69) is 5.16 Å². The molecule has 1 fully saturated rings. The van der Waals surface area contributed by atoms with E-state index in [1.54, 1.807) is 0 Å². The van der Waals surface area contributed by atoms with Gasteiger partial charge in [-0.2, -0.15) is 0 Å². The van der Waals surface area contributed by atoms with Crippen LogP contribution in [0.1, 0.15) is 19.3 Å². The summed E-state index contributed by atoms with van der Waals surface area (Å²) < 4.78 is 0.429. The van der Waals surface area contributed by atoms with E-state index in [1.807, 2.05) is 0 Å². The maximum atomic E-state index is 8.54. The van der Waals surface area contributed by atoms with E-state index in [-0.39, 0.29) is 5.25 Å². The summed E-state index contributed by atoms with van der Waals surface area (Å²) in [5.74, 6) is 0. The van der Waals surface area contributed by atoms with Crippen molar-refractivity contribution < 1.29 is 5.21 Å². The number of thioether (sulfide) groups is 1. The topological polar surface area (TPSA) is 58.6 Å². The van der Waals surface area contributed by atoms with Crippen molar-refractivity contribution >= 4 is 34.0 Å². The van der Waals surface area contributed by atoms with E-state index in [9.17, 15) is 0 Å². The van der Waals surface area contributed by atoms with E-state index >= 15 is 0 Å². The van der Waals surface area contributed by atoms with E-state index in [0.29, 0.717) is 4.32 Å². The van der Waals surface area contributed by atoms with Gasteiger partial charge in [-0.3, -0.25) is 0 Å². The van der Waals surface area contributed by atoms with E-state index in [1.165, 1.54) is 11.8 Å². The smallest absolute Gasteiger partial charge is 0.131 e. The SMILES string of the molecule is NC(=S)SC1CCC/C1=N\O. The molecule has 0 aromatic rings. The third-order valence-corrected chi connectivity index (χ3v) is 2.97. The summed E-state index contributed by atoms with van der Waals surface area (Å²) in [5.41, 5.74) is 6.17. The zero-order valence-electron chi connectivity index (χ0n) is 5.99. The molecule has 5 heteroatoms. The first-order chi connectivity index (χ1) is 5.24. The molecule has 1 saturated carbocycles. The molecule has 0 amide bonds. The van der Waals surface area contributed by atoms with Gasteiger partial charge >= 0.3 is 0 Å². The Hall–Kier alpha value is -0.290. The zero-order chi connectivity index (χ0) is 8.27. The minimum atomic E-state index is 0.220. The number of oxime groups is 1. The van der Waals surface area contributed by atoms with Crippen molar-refractivity contribution in [2.45, 2.75) is 24.5 Å². The minimum absolute atomic E-state index is 0.220. The summed E-state index contributed by atoms with van der Waals surface area (Å²) in [5, 5.41) is 12.0. The number of hydrogen-bond donors (Lipinski definition) is 2. The van der Waals surface area contributed by atoms with E-state index in [0.717, 1.165) is 25.0 Å². The van der Waals surface area contributed by atoms with Crippen LogP contribution in [-0.4, -0.2) is 20.5 Å². The molecule has 1 aliphatic rings. The number of thiocarbonyl (C=S) groups is 1. The van der Waals surface area contributed by atoms with Crippen LogP contribution in [0.2, 0.25) is 0 Å². The molecule has 1 aliphatic carbocycles. The van der Waals surface area contributed by atoms with Crippen LogP contribution in [-0.2, 0) is 0 Å². The van der Waals surface area contributed by atoms with Gasteiger partial charge < -0.3 is 10.9 Å². The highest BCUT2D eigenvalue weighted by atomic mass is 32.2. The molecule has 0 radical (unpaired) electrons. The molecule has 1 atom stereocenters. The van der Waals surface area contributed by atoms with Crippen LogP contribution in [0.25, 0.3) is 0 Å². The summed E-state index contributed by atoms with van der Waals surface area (Å²) in [4.78, 5) is 0. The Morgan fingerprint density at radius 3 is 3.09 bits per heavy atom. The summed E-state index contributed by atoms with van der Waals surface area (Å²) in [7, 11) is 0. The first-order valence-electron chi connectivity index (χ1n) is 3.41. The fraction of sp³-hybridized carbons (Fsp3) is 0.667. The molecule has 62 valence electrons. The third kappa shape index (κ3) is 2.34. The standard InChI is InChI=1S/C6H10N2OS2/c7-6(10)11-5-3-1-2-4(5)8-9/h5,9H,1-3H2,(H2,7,10)/b8-4+. The number of nitrogens with zero attached hydrogens (tertiary/aromatic N) is 1. The number of rotatable bonds is 1. The van der Waals surface area contributed by atoms with Gasteiger partial charge in [0.15, 0.2) is 0 Å². The van der Waals surface area contributed by atoms with E-state index < -0.39 is 0 Å². The summed E-state index contributed by atoms with van der Waals surface area (Å²) in [6, 6.07) is 0. The van der Waals surface area contributed by atoms with Crippen LogP contribution in [0, 0.1) is 0 Å². The molecule has 0 aliphatic heterocycles. The first-order valence-corrected chi connectivity index (χ1v) is 4.69. The van der Waals surface area contributed by atoms with Crippen molar-refractivity contribution in [1.29, 1.82) is 0 Å². The lowest BCUT2D eigenvalue weighted by atomic mass is 10.3. The second-order valence-corrected chi connectivity index (χ2v) is 4.35. The predicted molar refractivity (Wildman–Crippen MR) is 51.2 cm³/mol. The van der Waals surface area contributed by atoms with Gasteiger partial charge in [-0.05, 0) is 19.3 Å². The van der Waals surface area contributed by atoms with Gasteiger partial charge in [-0.1, -0.05) is 29.1 Å². The maximum Gasteiger partial charge on any atom is 0.131 e. The molecule has 1 unspecified atom stereocenters. The summed E-state index contributed by atoms with van der Waals surface area (Å²) in [6.45, 7) is 0. The van der Waals surface area contributed by atoms with Gasteiger partial charge in [0.05, 0.1) is 11.0 Å². The molecular formula is C6H10N2OS2. The molecule has 0 heterocycles. The van der Waals surface area contributed by atoms with Gasteiger partial charge in [-0.25, -0.2) is 0 Å². The molecular weight excluding hydrogens is 180 g/mol. The Bertz CT molecular complexity index is 193. The minimum Gasteiger partial charge on any atom is -0.411 e. The normalized spacial score (nSPS) is 27.6. The fourth-order valence-electron chi connectivity index (χ4n) is 1.18. The van der Waals surface area contributed by atoms with Crippen molar-refractivity contribution in [2.24, 2.45) is 10.9 Å². The quantitative estimate of drug-likeness (QED) is 0.372. The maximum absolute atomic E-state index is 8.54. The van der Waals surface area contributed by atoms with E-state index in [4.69, 9.17) is 23.2 Å². The van der Waals surface area contributed by atoms with Crippen LogP contribution < -0.4 is 5.73 Å². The van der Waals surface area contributed by atoms with Crippen molar-refractivity contribution in [2.75, 3.05) is 0 Å². The Labute approximate surface area is 75.0 Å². The highest BCUT2D eigenvalue weighted by molar-refractivity contribution is 8.23. The fourth-order valence-corrected chi connectivity index (χ4v) is 2.39. The van der Waals surface area contributed by atoms with Gasteiger partial charge in [0.2, 0.25) is 0 Å². The predicted octanol–water partition coefficient (Wildman–Crippen LogP) is 1.35. The van der Waals surface area contributed by atoms with Gasteiger partial charge in [0, 0.05) is 0 Å². The molecule has 0 spiro atoms. The highest BCUT2D eigenvalue weighted by Gasteiger charge is 2.24. The molecule has 11 heavy (non-hydrogen) atoms. The monoisotopic (exact) mass is 190 g/mol. The summed E-state index contributed by atoms with van der Waals surface area (Å²) >= 11 is 6.15. The second-order valence-electron chi connectivity index (χ2n) is 2.41. The average molecular weight is 190 g/mol. The van der Waals surface area contributed by atoms with Crippen molar-refractivity contribution in [3.05, 3.63) is 0 Å². The Balaban J connectivity index is 2.51. The molecule has 0 aromatic heterocycles. The molecule has 0 aromatic carbocycles. The highest BCUT2D eigenvalue weighted by Crippen LogP contribution is 2.27. The Morgan fingerprint density at radius 2 is 2.55 bits per heavy atom. The van der Waals surface area contributed by atoms with Crippen LogP contribution >= 0.6 is 24.0 Å². The Kier molecular flexibility index (Phi) is 3.14.